The van der Waals surface area contributed by atoms with Crippen molar-refractivity contribution in [3.63, 3.8) is 0 Å². The zero-order valence-electron chi connectivity index (χ0n) is 13.2. The van der Waals surface area contributed by atoms with Crippen LogP contribution in [0, 0.1) is 10.1 Å². The summed E-state index contributed by atoms with van der Waals surface area (Å²) in [6, 6.07) is 3.41. The first-order valence-electron chi connectivity index (χ1n) is 7.32. The number of hydrogen-bond donors (Lipinski definition) is 0. The van der Waals surface area contributed by atoms with Crippen LogP contribution in [0.3, 0.4) is 0 Å². The molecule has 0 spiro atoms. The Hall–Kier alpha value is -2.19. The fourth-order valence-electron chi connectivity index (χ4n) is 2.46. The minimum Gasteiger partial charge on any atom is -0.452 e. The molecule has 2 atom stereocenters. The van der Waals surface area contributed by atoms with Gasteiger partial charge in [0.05, 0.1) is 27.7 Å². The van der Waals surface area contributed by atoms with Gasteiger partial charge in [-0.3, -0.25) is 14.9 Å². The number of carbonyl (C=O) groups excluding carboxylic acids is 2. The second-order valence-electron chi connectivity index (χ2n) is 5.55. The molecule has 1 amide bonds. The molecule has 8 nitrogen and oxygen atoms in total. The molecule has 0 aliphatic carbocycles. The highest BCUT2D eigenvalue weighted by Crippen LogP contribution is 2.23. The Labute approximate surface area is 143 Å². The minimum absolute atomic E-state index is 0.0289. The highest BCUT2D eigenvalue weighted by atomic mass is 35.5. The molecular weight excluding hydrogens is 340 g/mol. The van der Waals surface area contributed by atoms with E-state index in [2.05, 4.69) is 0 Å². The Morgan fingerprint density at radius 2 is 2.00 bits per heavy atom. The molecule has 0 radical (unpaired) electrons. The van der Waals surface area contributed by atoms with Gasteiger partial charge in [0.2, 0.25) is 0 Å². The lowest BCUT2D eigenvalue weighted by Gasteiger charge is -2.35. The van der Waals surface area contributed by atoms with Crippen LogP contribution < -0.4 is 0 Å². The standard InChI is InChI=1S/C15H17ClN2O6/c1-9-6-17(7-10(2)24-9)14(19)8-23-15(20)12-4-3-11(18(21)22)5-13(12)16/h3-5,9-10H,6-8H2,1-2H3/t9-,10-/m1/s1. The van der Waals surface area contributed by atoms with Crippen LogP contribution >= 0.6 is 11.6 Å². The van der Waals surface area contributed by atoms with E-state index in [9.17, 15) is 19.7 Å². The van der Waals surface area contributed by atoms with Gasteiger partial charge in [0.25, 0.3) is 11.6 Å². The van der Waals surface area contributed by atoms with Crippen molar-refractivity contribution >= 4 is 29.2 Å². The maximum atomic E-state index is 12.1. The molecule has 0 saturated carbocycles. The number of ether oxygens (including phenoxy) is 2. The summed E-state index contributed by atoms with van der Waals surface area (Å²) in [4.78, 5) is 35.7. The molecule has 0 aromatic heterocycles. The third-order valence-electron chi connectivity index (χ3n) is 3.48. The summed E-state index contributed by atoms with van der Waals surface area (Å²) in [5.74, 6) is -1.14. The highest BCUT2D eigenvalue weighted by Gasteiger charge is 2.26. The number of non-ortho nitro benzene ring substituents is 1. The average Bonchev–Trinajstić information content (AvgIpc) is 2.51. The molecule has 1 fully saturated rings. The Balaban J connectivity index is 1.95. The normalized spacial score (nSPS) is 20.5. The van der Waals surface area contributed by atoms with Gasteiger partial charge in [0.15, 0.2) is 6.61 Å². The Morgan fingerprint density at radius 1 is 1.38 bits per heavy atom. The molecule has 1 aliphatic heterocycles. The van der Waals surface area contributed by atoms with E-state index in [1.807, 2.05) is 13.8 Å². The van der Waals surface area contributed by atoms with Crippen LogP contribution in [0.2, 0.25) is 5.02 Å². The van der Waals surface area contributed by atoms with Crippen molar-refractivity contribution < 1.29 is 24.0 Å². The van der Waals surface area contributed by atoms with Gasteiger partial charge in [0.1, 0.15) is 0 Å². The van der Waals surface area contributed by atoms with Crippen LogP contribution in [0.15, 0.2) is 18.2 Å². The SMILES string of the molecule is C[C@@H]1CN(C(=O)COC(=O)c2ccc([N+](=O)[O-])cc2Cl)C[C@@H](C)O1. The number of nitro benzene ring substituents is 1. The average molecular weight is 357 g/mol. The first-order chi connectivity index (χ1) is 11.3. The van der Waals surface area contributed by atoms with Crippen LogP contribution in [0.5, 0.6) is 0 Å². The molecule has 1 heterocycles. The fourth-order valence-corrected chi connectivity index (χ4v) is 2.71. The minimum atomic E-state index is -0.808. The van der Waals surface area contributed by atoms with Crippen LogP contribution in [-0.4, -0.2) is 53.6 Å². The molecule has 1 aromatic rings. The predicted molar refractivity (Wildman–Crippen MR) is 85.0 cm³/mol. The zero-order valence-corrected chi connectivity index (χ0v) is 14.0. The van der Waals surface area contributed by atoms with E-state index in [4.69, 9.17) is 21.1 Å². The van der Waals surface area contributed by atoms with Crippen molar-refractivity contribution in [2.45, 2.75) is 26.1 Å². The van der Waals surface area contributed by atoms with Gasteiger partial charge in [-0.2, -0.15) is 0 Å². The first-order valence-corrected chi connectivity index (χ1v) is 7.70. The fraction of sp³-hybridized carbons (Fsp3) is 0.467. The summed E-state index contributed by atoms with van der Waals surface area (Å²) in [6.07, 6.45) is -0.171. The summed E-state index contributed by atoms with van der Waals surface area (Å²) < 4.78 is 10.5. The molecule has 24 heavy (non-hydrogen) atoms. The number of nitro groups is 1. The Bertz CT molecular complexity index is 655. The van der Waals surface area contributed by atoms with Crippen molar-refractivity contribution in [2.75, 3.05) is 19.7 Å². The number of nitrogens with zero attached hydrogens (tertiary/aromatic N) is 2. The van der Waals surface area contributed by atoms with Gasteiger partial charge < -0.3 is 14.4 Å². The molecule has 2 rings (SSSR count). The van der Waals surface area contributed by atoms with E-state index < -0.39 is 17.5 Å². The van der Waals surface area contributed by atoms with E-state index in [0.717, 1.165) is 12.1 Å². The zero-order chi connectivity index (χ0) is 17.9. The number of amides is 1. The van der Waals surface area contributed by atoms with Crippen molar-refractivity contribution in [3.05, 3.63) is 38.9 Å². The lowest BCUT2D eigenvalue weighted by atomic mass is 10.2. The summed E-state index contributed by atoms with van der Waals surface area (Å²) in [5, 5.41) is 10.5. The Morgan fingerprint density at radius 3 is 2.54 bits per heavy atom. The largest absolute Gasteiger partial charge is 0.452 e. The molecular formula is C15H17ClN2O6. The predicted octanol–water partition coefficient (Wildman–Crippen LogP) is 2.04. The molecule has 0 N–H and O–H groups in total. The lowest BCUT2D eigenvalue weighted by molar-refractivity contribution is -0.384. The van der Waals surface area contributed by atoms with E-state index in [1.165, 1.54) is 6.07 Å². The summed E-state index contributed by atoms with van der Waals surface area (Å²) in [5.41, 5.74) is -0.261. The highest BCUT2D eigenvalue weighted by molar-refractivity contribution is 6.33. The molecule has 0 unspecified atom stereocenters. The molecule has 1 aromatic carbocycles. The van der Waals surface area contributed by atoms with Gasteiger partial charge in [-0.15, -0.1) is 0 Å². The van der Waals surface area contributed by atoms with Crippen LogP contribution in [0.4, 0.5) is 5.69 Å². The number of esters is 1. The van der Waals surface area contributed by atoms with Crippen LogP contribution in [-0.2, 0) is 14.3 Å². The molecule has 0 bridgehead atoms. The van der Waals surface area contributed by atoms with Crippen molar-refractivity contribution in [2.24, 2.45) is 0 Å². The quantitative estimate of drug-likeness (QED) is 0.465. The van der Waals surface area contributed by atoms with E-state index >= 15 is 0 Å². The Kier molecular flexibility index (Phi) is 5.74. The van der Waals surface area contributed by atoms with Gasteiger partial charge in [-0.25, -0.2) is 4.79 Å². The topological polar surface area (TPSA) is 99.0 Å². The van der Waals surface area contributed by atoms with Crippen LogP contribution in [0.1, 0.15) is 24.2 Å². The van der Waals surface area contributed by atoms with E-state index in [1.54, 1.807) is 4.90 Å². The van der Waals surface area contributed by atoms with Crippen molar-refractivity contribution in [1.29, 1.82) is 0 Å². The van der Waals surface area contributed by atoms with E-state index in [0.29, 0.717) is 13.1 Å². The number of hydrogen-bond acceptors (Lipinski definition) is 6. The molecule has 1 aliphatic rings. The maximum Gasteiger partial charge on any atom is 0.340 e. The third kappa shape index (κ3) is 4.42. The third-order valence-corrected chi connectivity index (χ3v) is 3.80. The number of morpholine rings is 1. The second kappa shape index (κ2) is 7.59. The van der Waals surface area contributed by atoms with Gasteiger partial charge >= 0.3 is 5.97 Å². The molecule has 1 saturated heterocycles. The molecule has 9 heteroatoms. The van der Waals surface area contributed by atoms with Gasteiger partial charge in [0, 0.05) is 25.2 Å². The lowest BCUT2D eigenvalue weighted by Crippen LogP contribution is -2.49. The number of rotatable bonds is 4. The van der Waals surface area contributed by atoms with Crippen LogP contribution in [0.25, 0.3) is 0 Å². The first kappa shape index (κ1) is 18.2. The number of carbonyl (C=O) groups is 2. The maximum absolute atomic E-state index is 12.1. The molecule has 130 valence electrons. The second-order valence-corrected chi connectivity index (χ2v) is 5.96. The number of benzene rings is 1. The summed E-state index contributed by atoms with van der Waals surface area (Å²) in [7, 11) is 0. The van der Waals surface area contributed by atoms with Crippen molar-refractivity contribution in [3.8, 4) is 0 Å². The summed E-state index contributed by atoms with van der Waals surface area (Å²) in [6.45, 7) is 4.15. The monoisotopic (exact) mass is 356 g/mol. The van der Waals surface area contributed by atoms with Gasteiger partial charge in [-0.05, 0) is 19.9 Å². The van der Waals surface area contributed by atoms with Gasteiger partial charge in [-0.1, -0.05) is 11.6 Å². The van der Waals surface area contributed by atoms with Crippen molar-refractivity contribution in [1.82, 2.24) is 4.90 Å². The smallest absolute Gasteiger partial charge is 0.340 e. The summed E-state index contributed by atoms with van der Waals surface area (Å²) >= 11 is 5.85. The number of halogens is 1. The van der Waals surface area contributed by atoms with E-state index in [-0.39, 0.29) is 34.4 Å².